The predicted molar refractivity (Wildman–Crippen MR) is 88.3 cm³/mol. The van der Waals surface area contributed by atoms with E-state index in [4.69, 9.17) is 4.84 Å². The molecule has 1 N–H and O–H groups in total. The lowest BCUT2D eigenvalue weighted by Crippen LogP contribution is -2.37. The van der Waals surface area contributed by atoms with Crippen molar-refractivity contribution >= 4 is 17.6 Å². The fourth-order valence-corrected chi connectivity index (χ4v) is 1.79. The second kappa shape index (κ2) is 7.89. The van der Waals surface area contributed by atoms with Crippen LogP contribution in [0.3, 0.4) is 0 Å². The van der Waals surface area contributed by atoms with Crippen molar-refractivity contribution in [1.29, 1.82) is 0 Å². The maximum absolute atomic E-state index is 12.0. The summed E-state index contributed by atoms with van der Waals surface area (Å²) in [7, 11) is 0. The van der Waals surface area contributed by atoms with Gasteiger partial charge in [0.1, 0.15) is 0 Å². The Morgan fingerprint density at radius 1 is 0.957 bits per heavy atom. The minimum atomic E-state index is -0.536. The van der Waals surface area contributed by atoms with Crippen molar-refractivity contribution in [2.75, 3.05) is 0 Å². The SMILES string of the molecule is CC(=NOC(=O)c1ccccc1)[C@@H](C)NC(=O)c1ccccc1. The van der Waals surface area contributed by atoms with Crippen LogP contribution in [-0.4, -0.2) is 23.6 Å². The average molecular weight is 310 g/mol. The molecule has 0 aliphatic heterocycles. The summed E-state index contributed by atoms with van der Waals surface area (Å²) in [5, 5.41) is 6.60. The summed E-state index contributed by atoms with van der Waals surface area (Å²) in [5.41, 5.74) is 1.48. The van der Waals surface area contributed by atoms with Crippen LogP contribution in [0.5, 0.6) is 0 Å². The Hall–Kier alpha value is -2.95. The molecule has 1 atom stereocenters. The number of nitrogens with zero attached hydrogens (tertiary/aromatic N) is 1. The van der Waals surface area contributed by atoms with Gasteiger partial charge < -0.3 is 10.2 Å². The molecule has 1 amide bonds. The van der Waals surface area contributed by atoms with Crippen molar-refractivity contribution in [3.8, 4) is 0 Å². The number of carbonyl (C=O) groups is 2. The Labute approximate surface area is 135 Å². The van der Waals surface area contributed by atoms with Gasteiger partial charge >= 0.3 is 5.97 Å². The number of rotatable bonds is 5. The van der Waals surface area contributed by atoms with Crippen LogP contribution < -0.4 is 5.32 Å². The fourth-order valence-electron chi connectivity index (χ4n) is 1.79. The van der Waals surface area contributed by atoms with Crippen LogP contribution >= 0.6 is 0 Å². The first-order valence-electron chi connectivity index (χ1n) is 7.24. The molecule has 0 saturated carbocycles. The van der Waals surface area contributed by atoms with Crippen LogP contribution in [0, 0.1) is 0 Å². The van der Waals surface area contributed by atoms with Gasteiger partial charge in [-0.2, -0.15) is 0 Å². The summed E-state index contributed by atoms with van der Waals surface area (Å²) in [6, 6.07) is 17.1. The Bertz CT molecular complexity index is 697. The maximum Gasteiger partial charge on any atom is 0.365 e. The van der Waals surface area contributed by atoms with Gasteiger partial charge in [0.2, 0.25) is 0 Å². The molecule has 2 aromatic carbocycles. The highest BCUT2D eigenvalue weighted by molar-refractivity contribution is 5.98. The lowest BCUT2D eigenvalue weighted by atomic mass is 10.1. The fraction of sp³-hybridized carbons (Fsp3) is 0.167. The van der Waals surface area contributed by atoms with E-state index < -0.39 is 5.97 Å². The van der Waals surface area contributed by atoms with Crippen molar-refractivity contribution in [2.24, 2.45) is 5.16 Å². The number of amides is 1. The van der Waals surface area contributed by atoms with Crippen molar-refractivity contribution in [3.63, 3.8) is 0 Å². The summed E-state index contributed by atoms with van der Waals surface area (Å²) in [4.78, 5) is 28.7. The molecule has 0 heterocycles. The largest absolute Gasteiger partial charge is 0.365 e. The normalized spacial score (nSPS) is 12.3. The van der Waals surface area contributed by atoms with E-state index in [9.17, 15) is 9.59 Å². The quantitative estimate of drug-likeness (QED) is 0.524. The van der Waals surface area contributed by atoms with Crippen LogP contribution in [0.2, 0.25) is 0 Å². The van der Waals surface area contributed by atoms with Gasteiger partial charge in [0, 0.05) is 5.56 Å². The van der Waals surface area contributed by atoms with Crippen molar-refractivity contribution in [3.05, 3.63) is 71.8 Å². The number of hydrogen-bond acceptors (Lipinski definition) is 4. The molecule has 0 aromatic heterocycles. The van der Waals surface area contributed by atoms with E-state index in [1.165, 1.54) is 0 Å². The van der Waals surface area contributed by atoms with Gasteiger partial charge in [-0.05, 0) is 38.1 Å². The summed E-state index contributed by atoms with van der Waals surface area (Å²) in [6.07, 6.45) is 0. The summed E-state index contributed by atoms with van der Waals surface area (Å²) in [5.74, 6) is -0.742. The number of hydrogen-bond donors (Lipinski definition) is 1. The van der Waals surface area contributed by atoms with Gasteiger partial charge in [-0.25, -0.2) is 4.79 Å². The minimum absolute atomic E-state index is 0.206. The van der Waals surface area contributed by atoms with E-state index >= 15 is 0 Å². The van der Waals surface area contributed by atoms with Gasteiger partial charge in [-0.3, -0.25) is 4.79 Å². The van der Waals surface area contributed by atoms with Crippen LogP contribution in [0.1, 0.15) is 34.6 Å². The molecule has 0 saturated heterocycles. The monoisotopic (exact) mass is 310 g/mol. The summed E-state index contributed by atoms with van der Waals surface area (Å²) < 4.78 is 0. The number of oxime groups is 1. The first kappa shape index (κ1) is 16.4. The first-order chi connectivity index (χ1) is 11.1. The Kier molecular flexibility index (Phi) is 5.63. The Morgan fingerprint density at radius 3 is 2.04 bits per heavy atom. The van der Waals surface area contributed by atoms with Crippen LogP contribution in [0.25, 0.3) is 0 Å². The number of carbonyl (C=O) groups excluding carboxylic acids is 2. The van der Waals surface area contributed by atoms with Crippen molar-refractivity contribution in [1.82, 2.24) is 5.32 Å². The average Bonchev–Trinajstić information content (AvgIpc) is 2.60. The van der Waals surface area contributed by atoms with E-state index in [0.717, 1.165) is 0 Å². The van der Waals surface area contributed by atoms with E-state index in [1.807, 2.05) is 12.1 Å². The molecular weight excluding hydrogens is 292 g/mol. The zero-order chi connectivity index (χ0) is 16.7. The standard InChI is InChI=1S/C18H18N2O3/c1-13(19-17(21)15-9-5-3-6-10-15)14(2)20-23-18(22)16-11-7-4-8-12-16/h3-13H,1-2H3,(H,19,21)/t13-/m1/s1. The van der Waals surface area contributed by atoms with Gasteiger partial charge in [0.05, 0.1) is 17.3 Å². The molecule has 23 heavy (non-hydrogen) atoms. The molecule has 0 bridgehead atoms. The third kappa shape index (κ3) is 4.78. The van der Waals surface area contributed by atoms with Crippen LogP contribution in [0.15, 0.2) is 65.8 Å². The van der Waals surface area contributed by atoms with E-state index in [1.54, 1.807) is 62.4 Å². The molecule has 5 heteroatoms. The number of benzene rings is 2. The lowest BCUT2D eigenvalue weighted by molar-refractivity contribution is 0.0514. The van der Waals surface area contributed by atoms with E-state index in [0.29, 0.717) is 16.8 Å². The third-order valence-electron chi connectivity index (χ3n) is 3.29. The molecule has 0 unspecified atom stereocenters. The Morgan fingerprint density at radius 2 is 1.48 bits per heavy atom. The highest BCUT2D eigenvalue weighted by atomic mass is 16.7. The van der Waals surface area contributed by atoms with Gasteiger partial charge in [-0.1, -0.05) is 41.6 Å². The topological polar surface area (TPSA) is 67.8 Å². The third-order valence-corrected chi connectivity index (χ3v) is 3.29. The minimum Gasteiger partial charge on any atom is -0.344 e. The maximum atomic E-state index is 12.0. The van der Waals surface area contributed by atoms with Crippen LogP contribution in [0.4, 0.5) is 0 Å². The summed E-state index contributed by atoms with van der Waals surface area (Å²) >= 11 is 0. The molecule has 2 aromatic rings. The van der Waals surface area contributed by atoms with Gasteiger partial charge in [0.15, 0.2) is 0 Å². The number of nitrogens with one attached hydrogen (secondary N) is 1. The lowest BCUT2D eigenvalue weighted by Gasteiger charge is -2.13. The molecule has 0 radical (unpaired) electrons. The zero-order valence-corrected chi connectivity index (χ0v) is 13.0. The Balaban J connectivity index is 1.93. The summed E-state index contributed by atoms with van der Waals surface area (Å²) in [6.45, 7) is 3.46. The molecule has 5 nitrogen and oxygen atoms in total. The molecule has 0 aliphatic rings. The van der Waals surface area contributed by atoms with E-state index in [-0.39, 0.29) is 11.9 Å². The second-order valence-corrected chi connectivity index (χ2v) is 5.04. The molecule has 118 valence electrons. The van der Waals surface area contributed by atoms with Crippen molar-refractivity contribution in [2.45, 2.75) is 19.9 Å². The molecule has 2 rings (SSSR count). The van der Waals surface area contributed by atoms with Gasteiger partial charge in [0.25, 0.3) is 5.91 Å². The smallest absolute Gasteiger partial charge is 0.344 e. The first-order valence-corrected chi connectivity index (χ1v) is 7.24. The van der Waals surface area contributed by atoms with E-state index in [2.05, 4.69) is 10.5 Å². The van der Waals surface area contributed by atoms with Crippen molar-refractivity contribution < 1.29 is 14.4 Å². The van der Waals surface area contributed by atoms with Crippen LogP contribution in [-0.2, 0) is 4.84 Å². The highest BCUT2D eigenvalue weighted by Crippen LogP contribution is 2.03. The predicted octanol–water partition coefficient (Wildman–Crippen LogP) is 3.04. The molecule has 0 spiro atoms. The van der Waals surface area contributed by atoms with Gasteiger partial charge in [-0.15, -0.1) is 0 Å². The zero-order valence-electron chi connectivity index (χ0n) is 13.0. The second-order valence-electron chi connectivity index (χ2n) is 5.04. The molecule has 0 fully saturated rings. The molecular formula is C18H18N2O3. The molecule has 0 aliphatic carbocycles. The highest BCUT2D eigenvalue weighted by Gasteiger charge is 2.13.